The van der Waals surface area contributed by atoms with Crippen LogP contribution in [0, 0.1) is 12.3 Å². The van der Waals surface area contributed by atoms with E-state index in [0.29, 0.717) is 0 Å². The van der Waals surface area contributed by atoms with Gasteiger partial charge in [-0.1, -0.05) is 73.9 Å². The summed E-state index contributed by atoms with van der Waals surface area (Å²) in [6.07, 6.45) is 8.14. The van der Waals surface area contributed by atoms with Crippen molar-refractivity contribution in [1.29, 1.82) is 0 Å². The SMILES string of the molecule is C#Cc1c(-c2ccc(S)cc2)cccc1-c1ccc(CCC)cc1. The Morgan fingerprint density at radius 2 is 1.38 bits per heavy atom. The molecule has 0 heterocycles. The average molecular weight is 328 g/mol. The van der Waals surface area contributed by atoms with Crippen LogP contribution in [-0.4, -0.2) is 0 Å². The standard InChI is InChI=1S/C23H20S/c1-3-6-17-9-11-18(12-10-17)22-7-5-8-23(21(22)4-2)19-13-15-20(24)16-14-19/h2,5,7-16,24H,3,6H2,1H3. The van der Waals surface area contributed by atoms with Crippen LogP contribution in [0.5, 0.6) is 0 Å². The molecule has 24 heavy (non-hydrogen) atoms. The minimum Gasteiger partial charge on any atom is -0.143 e. The van der Waals surface area contributed by atoms with Crippen molar-refractivity contribution in [3.05, 3.63) is 77.9 Å². The molecule has 3 aromatic rings. The third kappa shape index (κ3) is 3.40. The largest absolute Gasteiger partial charge is 0.143 e. The van der Waals surface area contributed by atoms with E-state index in [-0.39, 0.29) is 0 Å². The molecule has 0 aliphatic heterocycles. The second kappa shape index (κ2) is 7.43. The van der Waals surface area contributed by atoms with E-state index < -0.39 is 0 Å². The summed E-state index contributed by atoms with van der Waals surface area (Å²) in [5, 5.41) is 0. The quantitative estimate of drug-likeness (QED) is 0.425. The molecule has 0 nitrogen and oxygen atoms in total. The van der Waals surface area contributed by atoms with Gasteiger partial charge in [-0.2, -0.15) is 0 Å². The highest BCUT2D eigenvalue weighted by atomic mass is 32.1. The van der Waals surface area contributed by atoms with Crippen molar-refractivity contribution in [3.8, 4) is 34.6 Å². The number of thiol groups is 1. The highest BCUT2D eigenvalue weighted by molar-refractivity contribution is 7.80. The predicted octanol–water partition coefficient (Wildman–Crippen LogP) is 6.24. The minimum absolute atomic E-state index is 0.938. The Labute approximate surface area is 150 Å². The Balaban J connectivity index is 2.07. The molecule has 1 heteroatoms. The lowest BCUT2D eigenvalue weighted by Crippen LogP contribution is -1.90. The Hall–Kier alpha value is -2.43. The fourth-order valence-electron chi connectivity index (χ4n) is 2.97. The van der Waals surface area contributed by atoms with Gasteiger partial charge in [0.25, 0.3) is 0 Å². The first-order chi connectivity index (χ1) is 11.7. The molecule has 0 fully saturated rings. The lowest BCUT2D eigenvalue weighted by Gasteiger charge is -2.12. The van der Waals surface area contributed by atoms with Gasteiger partial charge in [-0.15, -0.1) is 19.1 Å². The van der Waals surface area contributed by atoms with Gasteiger partial charge in [-0.25, -0.2) is 0 Å². The first-order valence-corrected chi connectivity index (χ1v) is 8.66. The maximum Gasteiger partial charge on any atom is 0.0399 e. The molecule has 0 unspecified atom stereocenters. The summed E-state index contributed by atoms with van der Waals surface area (Å²) >= 11 is 4.36. The summed E-state index contributed by atoms with van der Waals surface area (Å²) in [5.74, 6) is 2.90. The molecule has 0 spiro atoms. The lowest BCUT2D eigenvalue weighted by atomic mass is 9.91. The van der Waals surface area contributed by atoms with Crippen molar-refractivity contribution >= 4 is 12.6 Å². The van der Waals surface area contributed by atoms with Gasteiger partial charge in [0.05, 0.1) is 0 Å². The Morgan fingerprint density at radius 1 is 0.833 bits per heavy atom. The molecular formula is C23H20S. The average Bonchev–Trinajstić information content (AvgIpc) is 2.63. The number of hydrogen-bond donors (Lipinski definition) is 1. The van der Waals surface area contributed by atoms with Gasteiger partial charge in [-0.3, -0.25) is 0 Å². The fraction of sp³-hybridized carbons (Fsp3) is 0.130. The molecule has 0 atom stereocenters. The predicted molar refractivity (Wildman–Crippen MR) is 106 cm³/mol. The van der Waals surface area contributed by atoms with Crippen LogP contribution in [0.1, 0.15) is 24.5 Å². The van der Waals surface area contributed by atoms with Crippen LogP contribution < -0.4 is 0 Å². The zero-order valence-corrected chi connectivity index (χ0v) is 14.7. The van der Waals surface area contributed by atoms with Gasteiger partial charge in [0, 0.05) is 10.5 Å². The normalized spacial score (nSPS) is 10.4. The molecule has 118 valence electrons. The van der Waals surface area contributed by atoms with Gasteiger partial charge in [0.1, 0.15) is 0 Å². The number of hydrogen-bond acceptors (Lipinski definition) is 1. The van der Waals surface area contributed by atoms with E-state index in [2.05, 4.69) is 80.1 Å². The summed E-state index contributed by atoms with van der Waals surface area (Å²) in [6, 6.07) is 23.1. The van der Waals surface area contributed by atoms with Gasteiger partial charge >= 0.3 is 0 Å². The summed E-state index contributed by atoms with van der Waals surface area (Å²) < 4.78 is 0. The van der Waals surface area contributed by atoms with E-state index in [1.807, 2.05) is 12.1 Å². The molecule has 0 bridgehead atoms. The third-order valence-corrected chi connectivity index (χ3v) is 4.49. The monoisotopic (exact) mass is 328 g/mol. The second-order valence-electron chi connectivity index (χ2n) is 5.87. The van der Waals surface area contributed by atoms with Crippen LogP contribution >= 0.6 is 12.6 Å². The fourth-order valence-corrected chi connectivity index (χ4v) is 3.12. The zero-order chi connectivity index (χ0) is 16.9. The summed E-state index contributed by atoms with van der Waals surface area (Å²) in [4.78, 5) is 0.948. The van der Waals surface area contributed by atoms with Crippen molar-refractivity contribution in [3.63, 3.8) is 0 Å². The van der Waals surface area contributed by atoms with Gasteiger partial charge < -0.3 is 0 Å². The maximum absolute atomic E-state index is 5.87. The van der Waals surface area contributed by atoms with Crippen molar-refractivity contribution in [2.45, 2.75) is 24.7 Å². The Bertz CT molecular complexity index is 865. The van der Waals surface area contributed by atoms with E-state index >= 15 is 0 Å². The van der Waals surface area contributed by atoms with Crippen molar-refractivity contribution < 1.29 is 0 Å². The Morgan fingerprint density at radius 3 is 1.88 bits per heavy atom. The molecule has 0 N–H and O–H groups in total. The van der Waals surface area contributed by atoms with E-state index in [1.165, 1.54) is 5.56 Å². The van der Waals surface area contributed by atoms with E-state index in [0.717, 1.165) is 45.6 Å². The zero-order valence-electron chi connectivity index (χ0n) is 13.8. The van der Waals surface area contributed by atoms with E-state index in [4.69, 9.17) is 6.42 Å². The van der Waals surface area contributed by atoms with Crippen LogP contribution in [0.3, 0.4) is 0 Å². The number of aryl methyl sites for hydroxylation is 1. The van der Waals surface area contributed by atoms with Crippen LogP contribution in [-0.2, 0) is 6.42 Å². The molecule has 0 saturated carbocycles. The highest BCUT2D eigenvalue weighted by Gasteiger charge is 2.10. The van der Waals surface area contributed by atoms with Crippen LogP contribution in [0.25, 0.3) is 22.3 Å². The molecule has 0 radical (unpaired) electrons. The lowest BCUT2D eigenvalue weighted by molar-refractivity contribution is 0.922. The smallest absolute Gasteiger partial charge is 0.0399 e. The highest BCUT2D eigenvalue weighted by Crippen LogP contribution is 2.32. The van der Waals surface area contributed by atoms with Crippen LogP contribution in [0.15, 0.2) is 71.6 Å². The molecule has 0 amide bonds. The second-order valence-corrected chi connectivity index (χ2v) is 6.38. The maximum atomic E-state index is 5.87. The number of terminal acetylenes is 1. The Kier molecular flexibility index (Phi) is 5.08. The van der Waals surface area contributed by atoms with Crippen molar-refractivity contribution in [2.75, 3.05) is 0 Å². The summed E-state index contributed by atoms with van der Waals surface area (Å²) in [6.45, 7) is 2.20. The topological polar surface area (TPSA) is 0 Å². The summed E-state index contributed by atoms with van der Waals surface area (Å²) in [5.41, 5.74) is 6.77. The third-order valence-electron chi connectivity index (χ3n) is 4.19. The molecule has 3 rings (SSSR count). The van der Waals surface area contributed by atoms with Gasteiger partial charge in [0.15, 0.2) is 0 Å². The molecule has 0 saturated heterocycles. The number of rotatable bonds is 4. The van der Waals surface area contributed by atoms with Gasteiger partial charge in [-0.05, 0) is 46.4 Å². The van der Waals surface area contributed by atoms with Crippen molar-refractivity contribution in [1.82, 2.24) is 0 Å². The first-order valence-electron chi connectivity index (χ1n) is 8.21. The molecule has 0 aromatic heterocycles. The van der Waals surface area contributed by atoms with Crippen LogP contribution in [0.4, 0.5) is 0 Å². The van der Waals surface area contributed by atoms with Crippen LogP contribution in [0.2, 0.25) is 0 Å². The molecule has 0 aliphatic carbocycles. The first kappa shape index (κ1) is 16.4. The summed E-state index contributed by atoms with van der Waals surface area (Å²) in [7, 11) is 0. The number of benzene rings is 3. The van der Waals surface area contributed by atoms with Gasteiger partial charge in [0.2, 0.25) is 0 Å². The minimum atomic E-state index is 0.938. The van der Waals surface area contributed by atoms with E-state index in [1.54, 1.807) is 0 Å². The molecule has 3 aromatic carbocycles. The molecular weight excluding hydrogens is 308 g/mol. The molecule has 0 aliphatic rings. The van der Waals surface area contributed by atoms with E-state index in [9.17, 15) is 0 Å². The van der Waals surface area contributed by atoms with Crippen molar-refractivity contribution in [2.24, 2.45) is 0 Å².